The quantitative estimate of drug-likeness (QED) is 0.392. The normalized spacial score (nSPS) is 10.7. The third-order valence-corrected chi connectivity index (χ3v) is 4.93. The third kappa shape index (κ3) is 3.52. The fourth-order valence-electron chi connectivity index (χ4n) is 1.90. The van der Waals surface area contributed by atoms with E-state index in [0.717, 1.165) is 27.8 Å². The monoisotopic (exact) mass is 332 g/mol. The smallest absolute Gasteiger partial charge is 0.320 e. The first-order valence-electron chi connectivity index (χ1n) is 6.48. The van der Waals surface area contributed by atoms with E-state index in [-0.39, 0.29) is 9.92 Å². The summed E-state index contributed by atoms with van der Waals surface area (Å²) < 4.78 is 2.02. The van der Waals surface area contributed by atoms with Gasteiger partial charge >= 0.3 is 5.00 Å². The van der Waals surface area contributed by atoms with Gasteiger partial charge in [0.15, 0.2) is 5.16 Å². The van der Waals surface area contributed by atoms with Crippen molar-refractivity contribution in [1.82, 2.24) is 14.5 Å². The van der Waals surface area contributed by atoms with Crippen molar-refractivity contribution in [1.29, 1.82) is 0 Å². The van der Waals surface area contributed by atoms with Gasteiger partial charge in [0, 0.05) is 35.8 Å². The van der Waals surface area contributed by atoms with Gasteiger partial charge in [-0.25, -0.2) is 4.98 Å². The van der Waals surface area contributed by atoms with E-state index in [1.54, 1.807) is 30.2 Å². The Morgan fingerprint density at radius 1 is 1.32 bits per heavy atom. The van der Waals surface area contributed by atoms with Crippen molar-refractivity contribution in [2.24, 2.45) is 0 Å². The van der Waals surface area contributed by atoms with E-state index in [1.807, 2.05) is 34.3 Å². The largest absolute Gasteiger partial charge is 0.324 e. The van der Waals surface area contributed by atoms with Gasteiger partial charge in [-0.3, -0.25) is 15.1 Å². The molecule has 0 N–H and O–H groups in total. The van der Waals surface area contributed by atoms with Crippen LogP contribution >= 0.6 is 23.1 Å². The van der Waals surface area contributed by atoms with Crippen molar-refractivity contribution >= 4 is 28.1 Å². The Hall–Kier alpha value is -2.19. The van der Waals surface area contributed by atoms with Gasteiger partial charge < -0.3 is 4.57 Å². The molecular weight excluding hydrogens is 320 g/mol. The molecule has 0 aliphatic carbocycles. The van der Waals surface area contributed by atoms with Crippen LogP contribution in [0.3, 0.4) is 0 Å². The summed E-state index contributed by atoms with van der Waals surface area (Å²) >= 11 is 2.71. The topological polar surface area (TPSA) is 73.8 Å². The molecule has 0 atom stereocenters. The number of aromatic nitrogens is 3. The summed E-state index contributed by atoms with van der Waals surface area (Å²) in [5.41, 5.74) is 1.91. The van der Waals surface area contributed by atoms with Crippen LogP contribution in [-0.4, -0.2) is 19.5 Å². The number of thiophene rings is 1. The maximum Gasteiger partial charge on any atom is 0.324 e. The predicted molar refractivity (Wildman–Crippen MR) is 86.1 cm³/mol. The minimum absolute atomic E-state index is 0.174. The van der Waals surface area contributed by atoms with Crippen molar-refractivity contribution < 1.29 is 4.92 Å². The Kier molecular flexibility index (Phi) is 4.50. The highest BCUT2D eigenvalue weighted by Crippen LogP contribution is 2.28. The molecule has 0 amide bonds. The molecule has 112 valence electrons. The number of imidazole rings is 1. The van der Waals surface area contributed by atoms with E-state index in [1.165, 1.54) is 0 Å². The van der Waals surface area contributed by atoms with Crippen LogP contribution in [0, 0.1) is 10.1 Å². The number of hydrogen-bond acceptors (Lipinski definition) is 6. The summed E-state index contributed by atoms with van der Waals surface area (Å²) in [5, 5.41) is 13.6. The maximum atomic E-state index is 10.7. The Balaban J connectivity index is 1.66. The van der Waals surface area contributed by atoms with Gasteiger partial charge in [0.1, 0.15) is 0 Å². The molecule has 3 aromatic rings. The number of hydrogen-bond donors (Lipinski definition) is 0. The lowest BCUT2D eigenvalue weighted by atomic mass is 10.3. The first kappa shape index (κ1) is 14.7. The minimum Gasteiger partial charge on any atom is -0.320 e. The molecule has 3 aromatic heterocycles. The fourth-order valence-corrected chi connectivity index (χ4v) is 3.63. The van der Waals surface area contributed by atoms with Crippen molar-refractivity contribution in [2.45, 2.75) is 17.5 Å². The van der Waals surface area contributed by atoms with E-state index in [4.69, 9.17) is 0 Å². The van der Waals surface area contributed by atoms with Crippen LogP contribution in [0.4, 0.5) is 5.00 Å². The summed E-state index contributed by atoms with van der Waals surface area (Å²) in [5.74, 6) is 0.656. The van der Waals surface area contributed by atoms with Crippen LogP contribution in [-0.2, 0) is 12.3 Å². The average Bonchev–Trinajstić information content (AvgIpc) is 3.15. The van der Waals surface area contributed by atoms with Gasteiger partial charge in [-0.2, -0.15) is 0 Å². The molecular formula is C14H12N4O2S2. The zero-order chi connectivity index (χ0) is 15.4. The molecule has 0 saturated carbocycles. The predicted octanol–water partition coefficient (Wildman–Crippen LogP) is 3.59. The molecule has 0 aliphatic rings. The van der Waals surface area contributed by atoms with Crippen molar-refractivity contribution in [3.05, 3.63) is 69.6 Å². The minimum atomic E-state index is -0.360. The lowest BCUT2D eigenvalue weighted by Crippen LogP contribution is -2.01. The first-order valence-corrected chi connectivity index (χ1v) is 8.34. The van der Waals surface area contributed by atoms with E-state index in [2.05, 4.69) is 9.97 Å². The van der Waals surface area contributed by atoms with Gasteiger partial charge in [-0.05, 0) is 17.7 Å². The lowest BCUT2D eigenvalue weighted by Gasteiger charge is -2.06. The maximum absolute atomic E-state index is 10.7. The zero-order valence-electron chi connectivity index (χ0n) is 11.5. The van der Waals surface area contributed by atoms with Crippen LogP contribution in [0.15, 0.2) is 53.4 Å². The Labute approximate surface area is 135 Å². The van der Waals surface area contributed by atoms with Crippen molar-refractivity contribution in [3.8, 4) is 0 Å². The molecule has 0 radical (unpaired) electrons. The van der Waals surface area contributed by atoms with Gasteiger partial charge in [-0.15, -0.1) is 0 Å². The van der Waals surface area contributed by atoms with Crippen LogP contribution < -0.4 is 0 Å². The molecule has 0 fully saturated rings. The van der Waals surface area contributed by atoms with Gasteiger partial charge in [0.2, 0.25) is 0 Å². The summed E-state index contributed by atoms with van der Waals surface area (Å²) in [6.07, 6.45) is 5.43. The second kappa shape index (κ2) is 6.71. The number of nitro groups is 1. The van der Waals surface area contributed by atoms with Gasteiger partial charge in [0.25, 0.3) is 0 Å². The highest BCUT2D eigenvalue weighted by molar-refractivity contribution is 7.98. The zero-order valence-corrected chi connectivity index (χ0v) is 13.1. The molecule has 0 spiro atoms. The number of rotatable bonds is 6. The molecule has 0 bridgehead atoms. The number of pyridine rings is 1. The average molecular weight is 332 g/mol. The lowest BCUT2D eigenvalue weighted by molar-refractivity contribution is -0.380. The Morgan fingerprint density at radius 3 is 2.95 bits per heavy atom. The second-order valence-corrected chi connectivity index (χ2v) is 6.33. The van der Waals surface area contributed by atoms with Crippen LogP contribution in [0.2, 0.25) is 0 Å². The summed E-state index contributed by atoms with van der Waals surface area (Å²) in [4.78, 5) is 19.0. The van der Waals surface area contributed by atoms with E-state index in [9.17, 15) is 10.1 Å². The van der Waals surface area contributed by atoms with Crippen molar-refractivity contribution in [2.75, 3.05) is 0 Å². The van der Waals surface area contributed by atoms with Crippen molar-refractivity contribution in [3.63, 3.8) is 0 Å². The fraction of sp³-hybridized carbons (Fsp3) is 0.143. The third-order valence-electron chi connectivity index (χ3n) is 2.92. The second-order valence-electron chi connectivity index (χ2n) is 4.50. The molecule has 0 saturated heterocycles. The summed E-state index contributed by atoms with van der Waals surface area (Å²) in [7, 11) is 0. The highest BCUT2D eigenvalue weighted by atomic mass is 32.2. The SMILES string of the molecule is O=[N+]([O-])c1cc(CSc2nccn2Cc2ccccn2)cs1. The Morgan fingerprint density at radius 2 is 2.23 bits per heavy atom. The van der Waals surface area contributed by atoms with Gasteiger partial charge in [0.05, 0.1) is 17.2 Å². The molecule has 0 unspecified atom stereocenters. The molecule has 8 heteroatoms. The molecule has 22 heavy (non-hydrogen) atoms. The van der Waals surface area contributed by atoms with E-state index < -0.39 is 0 Å². The van der Waals surface area contributed by atoms with Crippen LogP contribution in [0.1, 0.15) is 11.3 Å². The Bertz CT molecular complexity index is 770. The highest BCUT2D eigenvalue weighted by Gasteiger charge is 2.11. The molecule has 3 rings (SSSR count). The standard InChI is InChI=1S/C14H12N4O2S2/c19-18(20)13-7-11(9-21-13)10-22-14-16-5-6-17(14)8-12-3-1-2-4-15-12/h1-7,9H,8,10H2. The summed E-state index contributed by atoms with van der Waals surface area (Å²) in [6, 6.07) is 7.42. The van der Waals surface area contributed by atoms with E-state index in [0.29, 0.717) is 12.3 Å². The van der Waals surface area contributed by atoms with E-state index >= 15 is 0 Å². The molecule has 3 heterocycles. The molecule has 0 aliphatic heterocycles. The van der Waals surface area contributed by atoms with Crippen LogP contribution in [0.25, 0.3) is 0 Å². The number of nitrogens with zero attached hydrogens (tertiary/aromatic N) is 4. The van der Waals surface area contributed by atoms with Crippen LogP contribution in [0.5, 0.6) is 0 Å². The first-order chi connectivity index (χ1) is 10.7. The number of thioether (sulfide) groups is 1. The molecule has 0 aromatic carbocycles. The van der Waals surface area contributed by atoms with Gasteiger partial charge in [-0.1, -0.05) is 29.2 Å². The molecule has 6 nitrogen and oxygen atoms in total. The summed E-state index contributed by atoms with van der Waals surface area (Å²) in [6.45, 7) is 0.660.